The van der Waals surface area contributed by atoms with E-state index in [2.05, 4.69) is 16.2 Å². The molecule has 0 spiro atoms. The lowest BCUT2D eigenvalue weighted by molar-refractivity contribution is 0.490. The highest BCUT2D eigenvalue weighted by Gasteiger charge is 2.11. The first-order valence-electron chi connectivity index (χ1n) is 6.26. The number of aryl methyl sites for hydroxylation is 1. The van der Waals surface area contributed by atoms with Crippen LogP contribution in [0.1, 0.15) is 6.92 Å². The van der Waals surface area contributed by atoms with Gasteiger partial charge in [0.15, 0.2) is 0 Å². The summed E-state index contributed by atoms with van der Waals surface area (Å²) in [5.74, 6) is 0. The molecule has 3 rings (SSSR count). The number of nitrogens with one attached hydrogen (secondary N) is 1. The average molecular weight is 290 g/mol. The number of aromatic nitrogens is 1. The lowest BCUT2D eigenvalue weighted by Gasteiger charge is -2.04. The number of para-hydroxylation sites is 1. The number of fused-ring (bicyclic) bond motifs is 3. The Morgan fingerprint density at radius 1 is 1.10 bits per heavy atom. The van der Waals surface area contributed by atoms with Crippen molar-refractivity contribution in [1.29, 1.82) is 0 Å². The van der Waals surface area contributed by atoms with Crippen LogP contribution < -0.4 is 4.72 Å². The topological polar surface area (TPSA) is 71.3 Å². The summed E-state index contributed by atoms with van der Waals surface area (Å²) >= 11 is 0. The third-order valence-electron chi connectivity index (χ3n) is 3.34. The summed E-state index contributed by atoms with van der Waals surface area (Å²) in [6.45, 7) is 2.89. The molecule has 2 N–H and O–H groups in total. The Morgan fingerprint density at radius 2 is 1.80 bits per heavy atom. The Hall–Kier alpha value is -2.05. The molecule has 1 aromatic heterocycles. The molecule has 0 aliphatic heterocycles. The van der Waals surface area contributed by atoms with Crippen LogP contribution in [0.2, 0.25) is 0 Å². The molecule has 0 radical (unpaired) electrons. The van der Waals surface area contributed by atoms with Crippen LogP contribution in [-0.2, 0) is 16.8 Å². The largest absolute Gasteiger partial charge is 0.357 e. The van der Waals surface area contributed by atoms with E-state index in [0.717, 1.165) is 28.4 Å². The zero-order valence-electron chi connectivity index (χ0n) is 10.9. The SMILES string of the molecule is CCn1c2ccccc2c2cc(NS(=O)(=O)O)ccc21. The van der Waals surface area contributed by atoms with E-state index in [1.54, 1.807) is 12.1 Å². The quantitative estimate of drug-likeness (QED) is 0.728. The summed E-state index contributed by atoms with van der Waals surface area (Å²) in [5, 5.41) is 2.01. The van der Waals surface area contributed by atoms with E-state index >= 15 is 0 Å². The number of hydrogen-bond acceptors (Lipinski definition) is 2. The molecule has 0 atom stereocenters. The van der Waals surface area contributed by atoms with Gasteiger partial charge in [-0.15, -0.1) is 0 Å². The molecule has 1 heterocycles. The van der Waals surface area contributed by atoms with Gasteiger partial charge in [-0.1, -0.05) is 18.2 Å². The Bertz CT molecular complexity index is 897. The Balaban J connectivity index is 2.31. The summed E-state index contributed by atoms with van der Waals surface area (Å²) in [6, 6.07) is 13.2. The van der Waals surface area contributed by atoms with Gasteiger partial charge in [0.2, 0.25) is 0 Å². The third-order valence-corrected chi connectivity index (χ3v) is 3.83. The van der Waals surface area contributed by atoms with E-state index in [1.165, 1.54) is 0 Å². The molecule has 0 unspecified atom stereocenters. The molecule has 6 heteroatoms. The second-order valence-corrected chi connectivity index (χ2v) is 5.72. The van der Waals surface area contributed by atoms with Gasteiger partial charge in [-0.2, -0.15) is 8.42 Å². The zero-order valence-corrected chi connectivity index (χ0v) is 11.7. The minimum absolute atomic E-state index is 0.346. The lowest BCUT2D eigenvalue weighted by atomic mass is 10.1. The second kappa shape index (κ2) is 4.50. The van der Waals surface area contributed by atoms with Gasteiger partial charge in [0.25, 0.3) is 0 Å². The van der Waals surface area contributed by atoms with Crippen LogP contribution in [0.5, 0.6) is 0 Å². The fourth-order valence-corrected chi connectivity index (χ4v) is 3.03. The molecule has 2 aromatic carbocycles. The molecular formula is C14H14N2O3S. The van der Waals surface area contributed by atoms with Crippen LogP contribution >= 0.6 is 0 Å². The van der Waals surface area contributed by atoms with Gasteiger partial charge in [-0.3, -0.25) is 9.27 Å². The fourth-order valence-electron chi connectivity index (χ4n) is 2.61. The standard InChI is InChI=1S/C14H14N2O3S/c1-2-16-13-6-4-3-5-11(13)12-9-10(7-8-14(12)16)15-20(17,18)19/h3-9,15H,2H2,1H3,(H,17,18,19). The van der Waals surface area contributed by atoms with Crippen molar-refractivity contribution in [2.45, 2.75) is 13.5 Å². The Labute approximate surface area is 116 Å². The van der Waals surface area contributed by atoms with E-state index in [-0.39, 0.29) is 0 Å². The van der Waals surface area contributed by atoms with Crippen LogP contribution in [0.3, 0.4) is 0 Å². The van der Waals surface area contributed by atoms with Crippen molar-refractivity contribution in [3.05, 3.63) is 42.5 Å². The van der Waals surface area contributed by atoms with E-state index in [9.17, 15) is 8.42 Å². The normalized spacial score (nSPS) is 12.1. The van der Waals surface area contributed by atoms with Crippen LogP contribution in [-0.4, -0.2) is 17.5 Å². The molecule has 0 fully saturated rings. The first-order valence-corrected chi connectivity index (χ1v) is 7.70. The van der Waals surface area contributed by atoms with Crippen LogP contribution in [0.25, 0.3) is 21.8 Å². The van der Waals surface area contributed by atoms with Crippen LogP contribution in [0.4, 0.5) is 5.69 Å². The number of benzene rings is 2. The average Bonchev–Trinajstić information content (AvgIpc) is 2.70. The summed E-state index contributed by atoms with van der Waals surface area (Å²) < 4.78 is 34.9. The molecule has 3 aromatic rings. The van der Waals surface area contributed by atoms with Gasteiger partial charge in [0, 0.05) is 28.4 Å². The van der Waals surface area contributed by atoms with Gasteiger partial charge in [-0.05, 0) is 31.2 Å². The van der Waals surface area contributed by atoms with Crippen molar-refractivity contribution >= 4 is 37.8 Å². The maximum absolute atomic E-state index is 10.9. The summed E-state index contributed by atoms with van der Waals surface area (Å²) in [4.78, 5) is 0. The predicted molar refractivity (Wildman–Crippen MR) is 80.3 cm³/mol. The van der Waals surface area contributed by atoms with Gasteiger partial charge in [0.05, 0.1) is 5.69 Å². The Morgan fingerprint density at radius 3 is 2.50 bits per heavy atom. The van der Waals surface area contributed by atoms with Gasteiger partial charge in [0.1, 0.15) is 0 Å². The first-order chi connectivity index (χ1) is 9.49. The molecule has 0 aliphatic rings. The van der Waals surface area contributed by atoms with Gasteiger partial charge < -0.3 is 4.57 Å². The van der Waals surface area contributed by atoms with Crippen molar-refractivity contribution in [3.63, 3.8) is 0 Å². The molecule has 0 amide bonds. The van der Waals surface area contributed by atoms with E-state index in [4.69, 9.17) is 4.55 Å². The smallest absolute Gasteiger partial charge is 0.341 e. The molecule has 0 saturated heterocycles. The molecule has 5 nitrogen and oxygen atoms in total. The lowest BCUT2D eigenvalue weighted by Crippen LogP contribution is -2.10. The number of rotatable bonds is 3. The van der Waals surface area contributed by atoms with E-state index in [1.807, 2.05) is 30.3 Å². The van der Waals surface area contributed by atoms with Crippen LogP contribution in [0.15, 0.2) is 42.5 Å². The maximum Gasteiger partial charge on any atom is 0.357 e. The highest BCUT2D eigenvalue weighted by Crippen LogP contribution is 2.31. The van der Waals surface area contributed by atoms with Crippen molar-refractivity contribution in [2.24, 2.45) is 0 Å². The number of nitrogens with zero attached hydrogens (tertiary/aromatic N) is 1. The van der Waals surface area contributed by atoms with E-state index < -0.39 is 10.3 Å². The predicted octanol–water partition coefficient (Wildman–Crippen LogP) is 3.03. The fraction of sp³-hybridized carbons (Fsp3) is 0.143. The molecule has 20 heavy (non-hydrogen) atoms. The van der Waals surface area contributed by atoms with Crippen molar-refractivity contribution in [1.82, 2.24) is 4.57 Å². The summed E-state index contributed by atoms with van der Waals surface area (Å²) in [5.41, 5.74) is 2.49. The minimum atomic E-state index is -4.25. The van der Waals surface area contributed by atoms with Gasteiger partial charge in [-0.25, -0.2) is 0 Å². The van der Waals surface area contributed by atoms with Crippen LogP contribution in [0, 0.1) is 0 Å². The van der Waals surface area contributed by atoms with Crippen molar-refractivity contribution in [3.8, 4) is 0 Å². The zero-order chi connectivity index (χ0) is 14.3. The molecule has 0 saturated carbocycles. The molecular weight excluding hydrogens is 276 g/mol. The first kappa shape index (κ1) is 13.0. The summed E-state index contributed by atoms with van der Waals surface area (Å²) in [7, 11) is -4.25. The highest BCUT2D eigenvalue weighted by atomic mass is 32.2. The second-order valence-electron chi connectivity index (χ2n) is 4.57. The number of anilines is 1. The van der Waals surface area contributed by atoms with E-state index in [0.29, 0.717) is 5.69 Å². The summed E-state index contributed by atoms with van der Waals surface area (Å²) in [6.07, 6.45) is 0. The van der Waals surface area contributed by atoms with Crippen molar-refractivity contribution in [2.75, 3.05) is 4.72 Å². The van der Waals surface area contributed by atoms with Gasteiger partial charge >= 0.3 is 10.3 Å². The van der Waals surface area contributed by atoms with Crippen molar-refractivity contribution < 1.29 is 13.0 Å². The maximum atomic E-state index is 10.9. The molecule has 0 bridgehead atoms. The molecule has 0 aliphatic carbocycles. The number of hydrogen-bond donors (Lipinski definition) is 2. The third kappa shape index (κ3) is 2.13. The minimum Gasteiger partial charge on any atom is -0.341 e. The highest BCUT2D eigenvalue weighted by molar-refractivity contribution is 7.87. The molecule has 104 valence electrons. The Kier molecular flexibility index (Phi) is 2.92. The monoisotopic (exact) mass is 290 g/mol.